The van der Waals surface area contributed by atoms with Gasteiger partial charge in [0.15, 0.2) is 0 Å². The van der Waals surface area contributed by atoms with Gasteiger partial charge in [-0.2, -0.15) is 4.98 Å². The van der Waals surface area contributed by atoms with Crippen LogP contribution < -0.4 is 15.4 Å². The minimum atomic E-state index is -2.72. The molecule has 2 aliphatic heterocycles. The number of halogens is 2. The van der Waals surface area contributed by atoms with Crippen LogP contribution >= 0.6 is 0 Å². The van der Waals surface area contributed by atoms with Gasteiger partial charge in [0.2, 0.25) is 23.6 Å². The van der Waals surface area contributed by atoms with Gasteiger partial charge < -0.3 is 9.64 Å². The van der Waals surface area contributed by atoms with Crippen molar-refractivity contribution in [1.29, 1.82) is 0 Å². The summed E-state index contributed by atoms with van der Waals surface area (Å²) in [5, 5.41) is 4.76. The molecule has 1 unspecified atom stereocenters. The SMILES string of the molecule is O=C1CCC(N2Cc3cc(C(=O)Nc4nccc(OC5CC(F)(F)C5)n4)ccc3C2=O)C(=O)N1. The minimum Gasteiger partial charge on any atom is -0.474 e. The van der Waals surface area contributed by atoms with Gasteiger partial charge in [-0.05, 0) is 30.2 Å². The second kappa shape index (κ2) is 8.12. The highest BCUT2D eigenvalue weighted by Crippen LogP contribution is 2.39. The summed E-state index contributed by atoms with van der Waals surface area (Å²) >= 11 is 0. The van der Waals surface area contributed by atoms with E-state index in [1.807, 2.05) is 0 Å². The molecule has 176 valence electrons. The van der Waals surface area contributed by atoms with Gasteiger partial charge >= 0.3 is 0 Å². The molecule has 1 aromatic carbocycles. The lowest BCUT2D eigenvalue weighted by Crippen LogP contribution is -2.52. The van der Waals surface area contributed by atoms with Gasteiger partial charge in [-0.3, -0.25) is 29.8 Å². The monoisotopic (exact) mass is 471 g/mol. The number of imide groups is 1. The van der Waals surface area contributed by atoms with Crippen LogP contribution in [0, 0.1) is 0 Å². The zero-order chi connectivity index (χ0) is 24.0. The first-order valence-electron chi connectivity index (χ1n) is 10.6. The van der Waals surface area contributed by atoms with E-state index in [9.17, 15) is 28.0 Å². The average Bonchev–Trinajstić information content (AvgIpc) is 3.08. The molecule has 1 saturated carbocycles. The highest BCUT2D eigenvalue weighted by Gasteiger charge is 2.47. The van der Waals surface area contributed by atoms with Gasteiger partial charge in [0.25, 0.3) is 17.7 Å². The Labute approximate surface area is 191 Å². The molecule has 1 aromatic heterocycles. The second-order valence-corrected chi connectivity index (χ2v) is 8.45. The summed E-state index contributed by atoms with van der Waals surface area (Å²) in [7, 11) is 0. The zero-order valence-electron chi connectivity index (χ0n) is 17.7. The summed E-state index contributed by atoms with van der Waals surface area (Å²) in [5.41, 5.74) is 1.20. The molecule has 1 saturated heterocycles. The molecule has 12 heteroatoms. The summed E-state index contributed by atoms with van der Waals surface area (Å²) in [4.78, 5) is 58.4. The van der Waals surface area contributed by atoms with Crippen molar-refractivity contribution in [3.63, 3.8) is 0 Å². The van der Waals surface area contributed by atoms with Crippen LogP contribution in [0.1, 0.15) is 52.0 Å². The number of carbonyl (C=O) groups excluding carboxylic acids is 4. The van der Waals surface area contributed by atoms with E-state index in [0.29, 0.717) is 11.1 Å². The number of hydrogen-bond donors (Lipinski definition) is 2. The highest BCUT2D eigenvalue weighted by atomic mass is 19.3. The normalized spacial score (nSPS) is 21.5. The maximum atomic E-state index is 13.0. The Morgan fingerprint density at radius 2 is 2.00 bits per heavy atom. The van der Waals surface area contributed by atoms with E-state index in [1.54, 1.807) is 6.07 Å². The smallest absolute Gasteiger partial charge is 0.258 e. The van der Waals surface area contributed by atoms with E-state index in [4.69, 9.17) is 4.74 Å². The Kier molecular flexibility index (Phi) is 5.22. The first kappa shape index (κ1) is 21.9. The molecule has 2 N–H and O–H groups in total. The summed E-state index contributed by atoms with van der Waals surface area (Å²) < 4.78 is 31.4. The van der Waals surface area contributed by atoms with Crippen LogP contribution in [0.2, 0.25) is 0 Å². The maximum Gasteiger partial charge on any atom is 0.258 e. The highest BCUT2D eigenvalue weighted by molar-refractivity contribution is 6.07. The molecule has 0 spiro atoms. The van der Waals surface area contributed by atoms with Crippen molar-refractivity contribution in [3.05, 3.63) is 47.2 Å². The Hall–Kier alpha value is -3.96. The number of ether oxygens (including phenoxy) is 1. The topological polar surface area (TPSA) is 131 Å². The summed E-state index contributed by atoms with van der Waals surface area (Å²) in [5.74, 6) is -4.47. The van der Waals surface area contributed by atoms with Crippen LogP contribution in [-0.2, 0) is 16.1 Å². The molecular weight excluding hydrogens is 452 g/mol. The van der Waals surface area contributed by atoms with Gasteiger partial charge in [-0.15, -0.1) is 0 Å². The second-order valence-electron chi connectivity index (χ2n) is 8.45. The molecule has 2 fully saturated rings. The molecule has 5 rings (SSSR count). The average molecular weight is 471 g/mol. The summed E-state index contributed by atoms with van der Waals surface area (Å²) in [6, 6.07) is 5.19. The van der Waals surface area contributed by atoms with E-state index in [2.05, 4.69) is 20.6 Å². The molecular formula is C22H19F2N5O5. The van der Waals surface area contributed by atoms with Crippen LogP contribution in [-0.4, -0.2) is 56.6 Å². The Bertz CT molecular complexity index is 1210. The van der Waals surface area contributed by atoms with Crippen molar-refractivity contribution in [2.45, 2.75) is 50.3 Å². The van der Waals surface area contributed by atoms with Crippen LogP contribution in [0.4, 0.5) is 14.7 Å². The Morgan fingerprint density at radius 1 is 1.21 bits per heavy atom. The third kappa shape index (κ3) is 4.18. The lowest BCUT2D eigenvalue weighted by atomic mass is 9.91. The first-order chi connectivity index (χ1) is 16.2. The van der Waals surface area contributed by atoms with Crippen LogP contribution in [0.3, 0.4) is 0 Å². The molecule has 2 aromatic rings. The lowest BCUT2D eigenvalue weighted by Gasteiger charge is -2.34. The van der Waals surface area contributed by atoms with Crippen LogP contribution in [0.5, 0.6) is 5.88 Å². The summed E-state index contributed by atoms with van der Waals surface area (Å²) in [6.07, 6.45) is 0.316. The van der Waals surface area contributed by atoms with Crippen molar-refractivity contribution >= 4 is 29.6 Å². The van der Waals surface area contributed by atoms with Gasteiger partial charge in [0.05, 0.1) is 0 Å². The largest absolute Gasteiger partial charge is 0.474 e. The number of anilines is 1. The lowest BCUT2D eigenvalue weighted by molar-refractivity contribution is -0.137. The molecule has 0 bridgehead atoms. The fourth-order valence-electron chi connectivity index (χ4n) is 4.22. The number of carbonyl (C=O) groups is 4. The number of piperidine rings is 1. The number of hydrogen-bond acceptors (Lipinski definition) is 7. The molecule has 0 radical (unpaired) electrons. The molecule has 10 nitrogen and oxygen atoms in total. The van der Waals surface area contributed by atoms with E-state index in [-0.39, 0.29) is 61.4 Å². The van der Waals surface area contributed by atoms with Gasteiger partial charge in [0, 0.05) is 49.2 Å². The van der Waals surface area contributed by atoms with Gasteiger partial charge in [-0.1, -0.05) is 0 Å². The third-order valence-electron chi connectivity index (χ3n) is 5.98. The van der Waals surface area contributed by atoms with E-state index in [1.165, 1.54) is 29.3 Å². The fraction of sp³-hybridized carbons (Fsp3) is 0.364. The third-order valence-corrected chi connectivity index (χ3v) is 5.98. The number of nitrogens with zero attached hydrogens (tertiary/aromatic N) is 3. The van der Waals surface area contributed by atoms with Crippen molar-refractivity contribution in [3.8, 4) is 5.88 Å². The van der Waals surface area contributed by atoms with Crippen LogP contribution in [0.25, 0.3) is 0 Å². The number of amides is 4. The number of fused-ring (bicyclic) bond motifs is 1. The number of alkyl halides is 2. The molecule has 1 atom stereocenters. The predicted octanol–water partition coefficient (Wildman–Crippen LogP) is 1.67. The van der Waals surface area contributed by atoms with E-state index < -0.39 is 29.9 Å². The molecule has 4 amide bonds. The first-order valence-corrected chi connectivity index (χ1v) is 10.6. The zero-order valence-corrected chi connectivity index (χ0v) is 17.7. The molecule has 3 aliphatic rings. The van der Waals surface area contributed by atoms with Crippen molar-refractivity contribution in [1.82, 2.24) is 20.2 Å². The van der Waals surface area contributed by atoms with Crippen molar-refractivity contribution < 1.29 is 32.7 Å². The maximum absolute atomic E-state index is 13.0. The summed E-state index contributed by atoms with van der Waals surface area (Å²) in [6.45, 7) is 0.132. The standard InChI is InChI=1S/C22H19F2N5O5/c23-22(24)8-13(9-22)34-17-5-6-25-21(27-17)28-18(31)11-1-2-14-12(7-11)10-29(20(14)33)15-3-4-16(30)26-19(15)32/h1-2,5-7,13,15H,3-4,8-10H2,(H,26,30,32)(H,25,27,28,31). The van der Waals surface area contributed by atoms with Crippen molar-refractivity contribution in [2.75, 3.05) is 5.32 Å². The predicted molar refractivity (Wildman–Crippen MR) is 111 cm³/mol. The van der Waals surface area contributed by atoms with Gasteiger partial charge in [-0.25, -0.2) is 13.8 Å². The fourth-order valence-corrected chi connectivity index (χ4v) is 4.22. The Balaban J connectivity index is 1.26. The number of benzene rings is 1. The van der Waals surface area contributed by atoms with Gasteiger partial charge in [0.1, 0.15) is 12.1 Å². The molecule has 34 heavy (non-hydrogen) atoms. The Morgan fingerprint density at radius 3 is 2.74 bits per heavy atom. The number of nitrogens with one attached hydrogen (secondary N) is 2. The van der Waals surface area contributed by atoms with Crippen LogP contribution in [0.15, 0.2) is 30.5 Å². The molecule has 3 heterocycles. The molecule has 1 aliphatic carbocycles. The minimum absolute atomic E-state index is 0.0599. The van der Waals surface area contributed by atoms with E-state index in [0.717, 1.165) is 0 Å². The number of rotatable bonds is 5. The van der Waals surface area contributed by atoms with E-state index >= 15 is 0 Å². The van der Waals surface area contributed by atoms with Crippen molar-refractivity contribution in [2.24, 2.45) is 0 Å². The number of aromatic nitrogens is 2. The quantitative estimate of drug-likeness (QED) is 0.635.